The first kappa shape index (κ1) is 26.5. The molecule has 2 heterocycles. The standard InChI is InChI=1S/C34H35NO5/c1-2-8-21(17-22-14-15-29(37)26-12-7-6-11-25(22)26)13-16-30-31-23(19-36)18-27-32(28(31)20-40-30)34(39)35(33(27)38)24-9-4-3-5-10-24/h3-7,9-12,14-15,17,27-28,30,32,36-37H,2,8,13,16,18-20H2,1H3/b21-17+/t27-,28+,30-,32-/m1/s1. The molecule has 3 aromatic rings. The summed E-state index contributed by atoms with van der Waals surface area (Å²) in [5.41, 5.74) is 4.87. The van der Waals surface area contributed by atoms with Crippen LogP contribution in [0.3, 0.4) is 0 Å². The van der Waals surface area contributed by atoms with Crippen molar-refractivity contribution in [3.05, 3.63) is 89.0 Å². The van der Waals surface area contributed by atoms with E-state index in [1.807, 2.05) is 48.5 Å². The molecule has 0 bridgehead atoms. The van der Waals surface area contributed by atoms with Crippen LogP contribution < -0.4 is 4.90 Å². The molecule has 6 rings (SSSR count). The van der Waals surface area contributed by atoms with Crippen molar-refractivity contribution in [3.8, 4) is 5.75 Å². The van der Waals surface area contributed by atoms with Crippen molar-refractivity contribution >= 4 is 34.4 Å². The molecule has 2 amide bonds. The van der Waals surface area contributed by atoms with Gasteiger partial charge in [0.05, 0.1) is 36.8 Å². The highest BCUT2D eigenvalue weighted by atomic mass is 16.5. The number of phenols is 1. The number of ether oxygens (including phenoxy) is 1. The number of carbonyl (C=O) groups is 2. The van der Waals surface area contributed by atoms with Crippen LogP contribution in [0.25, 0.3) is 16.8 Å². The van der Waals surface area contributed by atoms with Crippen molar-refractivity contribution in [2.24, 2.45) is 17.8 Å². The lowest BCUT2D eigenvalue weighted by atomic mass is 9.69. The molecule has 6 heteroatoms. The Hall–Kier alpha value is -3.74. The highest BCUT2D eigenvalue weighted by molar-refractivity contribution is 6.22. The van der Waals surface area contributed by atoms with Crippen LogP contribution in [-0.4, -0.2) is 41.3 Å². The number of hydrogen-bond acceptors (Lipinski definition) is 5. The molecular weight excluding hydrogens is 502 g/mol. The zero-order valence-corrected chi connectivity index (χ0v) is 22.8. The van der Waals surface area contributed by atoms with Crippen LogP contribution >= 0.6 is 0 Å². The molecule has 0 aromatic heterocycles. The van der Waals surface area contributed by atoms with Crippen LogP contribution in [0.1, 0.15) is 44.6 Å². The fourth-order valence-electron chi connectivity index (χ4n) is 7.01. The fraction of sp³-hybridized carbons (Fsp3) is 0.353. The first-order chi connectivity index (χ1) is 19.5. The lowest BCUT2D eigenvalue weighted by Crippen LogP contribution is -2.35. The van der Waals surface area contributed by atoms with E-state index in [2.05, 4.69) is 13.0 Å². The Morgan fingerprint density at radius 3 is 2.45 bits per heavy atom. The van der Waals surface area contributed by atoms with Gasteiger partial charge in [-0.2, -0.15) is 0 Å². The van der Waals surface area contributed by atoms with Crippen molar-refractivity contribution in [2.75, 3.05) is 18.1 Å². The number of nitrogens with zero attached hydrogens (tertiary/aromatic N) is 1. The predicted molar refractivity (Wildman–Crippen MR) is 156 cm³/mol. The van der Waals surface area contributed by atoms with E-state index in [0.717, 1.165) is 53.2 Å². The van der Waals surface area contributed by atoms with Gasteiger partial charge in [0.15, 0.2) is 0 Å². The van der Waals surface area contributed by atoms with Crippen LogP contribution in [0.15, 0.2) is 83.4 Å². The maximum Gasteiger partial charge on any atom is 0.238 e. The van der Waals surface area contributed by atoms with E-state index in [1.54, 1.807) is 18.2 Å². The number of hydrogen-bond donors (Lipinski definition) is 2. The number of benzene rings is 3. The molecule has 2 aliphatic heterocycles. The van der Waals surface area contributed by atoms with Crippen molar-refractivity contribution in [1.82, 2.24) is 0 Å². The summed E-state index contributed by atoms with van der Waals surface area (Å²) in [6, 6.07) is 20.7. The number of anilines is 1. The number of allylic oxidation sites excluding steroid dienone is 1. The molecule has 2 fully saturated rings. The minimum absolute atomic E-state index is 0.126. The van der Waals surface area contributed by atoms with E-state index in [0.29, 0.717) is 18.7 Å². The zero-order valence-electron chi connectivity index (χ0n) is 22.8. The SMILES string of the molecule is CCC/C(=C\c1ccc(O)c2ccccc12)CC[C@H]1OC[C@H]2C1=C(CO)C[C@H]1C(=O)N(c3ccccc3)C(=O)[C@H]12. The van der Waals surface area contributed by atoms with Gasteiger partial charge in [-0.25, -0.2) is 0 Å². The summed E-state index contributed by atoms with van der Waals surface area (Å²) in [6.07, 6.45) is 5.97. The van der Waals surface area contributed by atoms with Gasteiger partial charge in [0.1, 0.15) is 5.75 Å². The number of rotatable bonds is 8. The van der Waals surface area contributed by atoms with Crippen LogP contribution in [0.5, 0.6) is 5.75 Å². The summed E-state index contributed by atoms with van der Waals surface area (Å²) in [6.45, 7) is 2.43. The van der Waals surface area contributed by atoms with Gasteiger partial charge in [-0.3, -0.25) is 14.5 Å². The molecule has 0 unspecified atom stereocenters. The van der Waals surface area contributed by atoms with Crippen LogP contribution in [0, 0.1) is 17.8 Å². The number of amides is 2. The third-order valence-corrected chi connectivity index (χ3v) is 8.81. The van der Waals surface area contributed by atoms with E-state index in [-0.39, 0.29) is 36.2 Å². The first-order valence-electron chi connectivity index (χ1n) is 14.3. The molecule has 2 saturated heterocycles. The van der Waals surface area contributed by atoms with Crippen LogP contribution in [-0.2, 0) is 14.3 Å². The number of imide groups is 1. The molecule has 3 aliphatic rings. The second-order valence-corrected chi connectivity index (χ2v) is 11.1. The summed E-state index contributed by atoms with van der Waals surface area (Å²) in [5, 5.41) is 22.5. The van der Waals surface area contributed by atoms with E-state index in [4.69, 9.17) is 4.74 Å². The molecule has 4 atom stereocenters. The van der Waals surface area contributed by atoms with Crippen molar-refractivity contribution in [3.63, 3.8) is 0 Å². The Balaban J connectivity index is 1.25. The van der Waals surface area contributed by atoms with E-state index < -0.39 is 11.8 Å². The molecule has 0 spiro atoms. The number of aliphatic hydroxyl groups is 1. The van der Waals surface area contributed by atoms with Gasteiger partial charge in [-0.1, -0.05) is 73.5 Å². The predicted octanol–water partition coefficient (Wildman–Crippen LogP) is 6.02. The zero-order chi connectivity index (χ0) is 27.8. The third-order valence-electron chi connectivity index (χ3n) is 8.81. The summed E-state index contributed by atoms with van der Waals surface area (Å²) >= 11 is 0. The van der Waals surface area contributed by atoms with Crippen molar-refractivity contribution < 1.29 is 24.5 Å². The maximum atomic E-state index is 13.6. The molecule has 40 heavy (non-hydrogen) atoms. The number of aliphatic hydroxyl groups excluding tert-OH is 1. The molecule has 1 aliphatic carbocycles. The van der Waals surface area contributed by atoms with Crippen LogP contribution in [0.2, 0.25) is 0 Å². The third kappa shape index (κ3) is 4.55. The Morgan fingerprint density at radius 1 is 0.950 bits per heavy atom. The number of aromatic hydroxyl groups is 1. The Labute approximate surface area is 234 Å². The first-order valence-corrected chi connectivity index (χ1v) is 14.3. The Morgan fingerprint density at radius 2 is 1.70 bits per heavy atom. The average Bonchev–Trinajstić information content (AvgIpc) is 3.51. The van der Waals surface area contributed by atoms with Crippen molar-refractivity contribution in [2.45, 2.75) is 45.1 Å². The topological polar surface area (TPSA) is 87.1 Å². The largest absolute Gasteiger partial charge is 0.507 e. The fourth-order valence-corrected chi connectivity index (χ4v) is 7.01. The van der Waals surface area contributed by atoms with E-state index in [9.17, 15) is 19.8 Å². The summed E-state index contributed by atoms with van der Waals surface area (Å²) in [7, 11) is 0. The molecular formula is C34H35NO5. The molecule has 0 radical (unpaired) electrons. The number of carbonyl (C=O) groups excluding carboxylic acids is 2. The van der Waals surface area contributed by atoms with Gasteiger partial charge in [-0.05, 0) is 66.0 Å². The molecule has 6 nitrogen and oxygen atoms in total. The van der Waals surface area contributed by atoms with Gasteiger partial charge in [0.2, 0.25) is 11.8 Å². The monoisotopic (exact) mass is 537 g/mol. The summed E-state index contributed by atoms with van der Waals surface area (Å²) in [5.74, 6) is -1.14. The van der Waals surface area contributed by atoms with Gasteiger partial charge >= 0.3 is 0 Å². The van der Waals surface area contributed by atoms with Crippen molar-refractivity contribution in [1.29, 1.82) is 0 Å². The second-order valence-electron chi connectivity index (χ2n) is 11.1. The molecule has 206 valence electrons. The molecule has 0 saturated carbocycles. The second kappa shape index (κ2) is 11.0. The minimum Gasteiger partial charge on any atom is -0.507 e. The smallest absolute Gasteiger partial charge is 0.238 e. The van der Waals surface area contributed by atoms with Gasteiger partial charge in [0, 0.05) is 11.3 Å². The Kier molecular flexibility index (Phi) is 7.30. The maximum absolute atomic E-state index is 13.6. The summed E-state index contributed by atoms with van der Waals surface area (Å²) < 4.78 is 6.32. The van der Waals surface area contributed by atoms with E-state index >= 15 is 0 Å². The van der Waals surface area contributed by atoms with Gasteiger partial charge in [-0.15, -0.1) is 0 Å². The molecule has 2 N–H and O–H groups in total. The lowest BCUT2D eigenvalue weighted by Gasteiger charge is -2.31. The molecule has 3 aromatic carbocycles. The highest BCUT2D eigenvalue weighted by Gasteiger charge is 2.57. The quantitative estimate of drug-likeness (QED) is 0.271. The van der Waals surface area contributed by atoms with Gasteiger partial charge in [0.25, 0.3) is 0 Å². The number of fused-ring (bicyclic) bond motifs is 4. The normalized spacial score (nSPS) is 24.6. The van der Waals surface area contributed by atoms with Gasteiger partial charge < -0.3 is 14.9 Å². The van der Waals surface area contributed by atoms with Crippen LogP contribution in [0.4, 0.5) is 5.69 Å². The number of para-hydroxylation sites is 1. The summed E-state index contributed by atoms with van der Waals surface area (Å²) in [4.78, 5) is 28.3. The van der Waals surface area contributed by atoms with E-state index in [1.165, 1.54) is 10.5 Å². The minimum atomic E-state index is -0.454. The lowest BCUT2D eigenvalue weighted by molar-refractivity contribution is -0.122. The highest BCUT2D eigenvalue weighted by Crippen LogP contribution is 2.50. The Bertz CT molecular complexity index is 1510. The number of phenolic OH excluding ortho intramolecular Hbond substituents is 1. The average molecular weight is 538 g/mol.